The molecule has 0 aromatic heterocycles. The molecule has 0 radical (unpaired) electrons. The molecule has 0 bridgehead atoms. The van der Waals surface area contributed by atoms with E-state index in [9.17, 15) is 4.79 Å². The summed E-state index contributed by atoms with van der Waals surface area (Å²) in [5.41, 5.74) is 5.49. The van der Waals surface area contributed by atoms with E-state index in [0.717, 1.165) is 58.7 Å². The average molecular weight is 271 g/mol. The van der Waals surface area contributed by atoms with Gasteiger partial charge >= 0.3 is 0 Å². The molecule has 1 saturated heterocycles. The van der Waals surface area contributed by atoms with E-state index in [1.165, 1.54) is 6.42 Å². The van der Waals surface area contributed by atoms with Gasteiger partial charge < -0.3 is 15.4 Å². The minimum Gasteiger partial charge on any atom is -0.382 e. The number of nitrogens with zero attached hydrogens (tertiary/aromatic N) is 2. The van der Waals surface area contributed by atoms with Crippen LogP contribution in [-0.4, -0.2) is 68.2 Å². The van der Waals surface area contributed by atoms with Crippen molar-refractivity contribution in [2.75, 3.05) is 52.5 Å². The highest BCUT2D eigenvalue weighted by molar-refractivity contribution is 5.76. The second kappa shape index (κ2) is 10.2. The van der Waals surface area contributed by atoms with E-state index in [4.69, 9.17) is 10.5 Å². The molecule has 1 heterocycles. The lowest BCUT2D eigenvalue weighted by atomic mass is 10.2. The van der Waals surface area contributed by atoms with E-state index >= 15 is 0 Å². The van der Waals surface area contributed by atoms with Crippen LogP contribution in [0.2, 0.25) is 0 Å². The molecular weight excluding hydrogens is 242 g/mol. The van der Waals surface area contributed by atoms with Crippen LogP contribution in [0.25, 0.3) is 0 Å². The maximum atomic E-state index is 12.0. The second-order valence-electron chi connectivity index (χ2n) is 5.02. The van der Waals surface area contributed by atoms with Crippen LogP contribution in [-0.2, 0) is 9.53 Å². The zero-order valence-electron chi connectivity index (χ0n) is 12.3. The van der Waals surface area contributed by atoms with E-state index < -0.39 is 0 Å². The highest BCUT2D eigenvalue weighted by Gasteiger charge is 2.20. The molecule has 5 nitrogen and oxygen atoms in total. The first-order valence-corrected chi connectivity index (χ1v) is 7.56. The molecule has 1 aliphatic rings. The highest BCUT2D eigenvalue weighted by Crippen LogP contribution is 2.06. The van der Waals surface area contributed by atoms with Gasteiger partial charge in [-0.2, -0.15) is 0 Å². The van der Waals surface area contributed by atoms with Gasteiger partial charge in [0, 0.05) is 45.8 Å². The highest BCUT2D eigenvalue weighted by atomic mass is 16.5. The van der Waals surface area contributed by atoms with Gasteiger partial charge in [0.25, 0.3) is 0 Å². The van der Waals surface area contributed by atoms with Gasteiger partial charge in [-0.25, -0.2) is 0 Å². The number of unbranched alkanes of at least 4 members (excludes halogenated alkanes) is 1. The molecule has 0 aliphatic carbocycles. The van der Waals surface area contributed by atoms with Crippen molar-refractivity contribution in [3.8, 4) is 0 Å². The number of carbonyl (C=O) groups excluding carboxylic acids is 1. The molecule has 112 valence electrons. The van der Waals surface area contributed by atoms with E-state index in [-0.39, 0.29) is 5.91 Å². The molecular formula is C14H29N3O2. The lowest BCUT2D eigenvalue weighted by molar-refractivity contribution is -0.133. The minimum atomic E-state index is 0.279. The maximum absolute atomic E-state index is 12.0. The third-order valence-corrected chi connectivity index (χ3v) is 3.54. The molecule has 5 heteroatoms. The Morgan fingerprint density at radius 1 is 1.16 bits per heavy atom. The number of carbonyl (C=O) groups is 1. The fourth-order valence-electron chi connectivity index (χ4n) is 2.33. The maximum Gasteiger partial charge on any atom is 0.222 e. The van der Waals surface area contributed by atoms with Crippen molar-refractivity contribution in [2.24, 2.45) is 5.73 Å². The van der Waals surface area contributed by atoms with Gasteiger partial charge in [0.1, 0.15) is 0 Å². The Bertz CT molecular complexity index is 241. The fourth-order valence-corrected chi connectivity index (χ4v) is 2.33. The summed E-state index contributed by atoms with van der Waals surface area (Å²) in [6, 6.07) is 0. The molecule has 1 fully saturated rings. The van der Waals surface area contributed by atoms with Crippen molar-refractivity contribution in [3.63, 3.8) is 0 Å². The van der Waals surface area contributed by atoms with Crippen LogP contribution < -0.4 is 5.73 Å². The Kier molecular flexibility index (Phi) is 8.79. The lowest BCUT2D eigenvalue weighted by Gasteiger charge is -2.34. The van der Waals surface area contributed by atoms with Gasteiger partial charge in [-0.1, -0.05) is 0 Å². The third kappa shape index (κ3) is 6.89. The first kappa shape index (κ1) is 16.4. The summed E-state index contributed by atoms with van der Waals surface area (Å²) in [5, 5.41) is 0. The van der Waals surface area contributed by atoms with Crippen molar-refractivity contribution in [3.05, 3.63) is 0 Å². The predicted molar refractivity (Wildman–Crippen MR) is 77.0 cm³/mol. The normalized spacial score (nSPS) is 16.8. The molecule has 19 heavy (non-hydrogen) atoms. The van der Waals surface area contributed by atoms with Crippen molar-refractivity contribution in [1.29, 1.82) is 0 Å². The summed E-state index contributed by atoms with van der Waals surface area (Å²) in [5.74, 6) is 0.279. The van der Waals surface area contributed by atoms with Crippen molar-refractivity contribution in [2.45, 2.75) is 32.6 Å². The molecule has 0 saturated carbocycles. The van der Waals surface area contributed by atoms with Crippen LogP contribution >= 0.6 is 0 Å². The molecule has 1 rings (SSSR count). The third-order valence-electron chi connectivity index (χ3n) is 3.54. The Morgan fingerprint density at radius 2 is 1.89 bits per heavy atom. The summed E-state index contributed by atoms with van der Waals surface area (Å²) < 4.78 is 5.25. The number of nitrogens with two attached hydrogens (primary N) is 1. The van der Waals surface area contributed by atoms with Gasteiger partial charge in [-0.05, 0) is 39.3 Å². The molecule has 0 spiro atoms. The van der Waals surface area contributed by atoms with Crippen LogP contribution in [0, 0.1) is 0 Å². The van der Waals surface area contributed by atoms with E-state index in [1.54, 1.807) is 0 Å². The summed E-state index contributed by atoms with van der Waals surface area (Å²) in [6.07, 6.45) is 3.71. The molecule has 0 unspecified atom stereocenters. The number of ether oxygens (including phenoxy) is 1. The molecule has 2 N–H and O–H groups in total. The minimum absolute atomic E-state index is 0.279. The summed E-state index contributed by atoms with van der Waals surface area (Å²) in [4.78, 5) is 16.4. The van der Waals surface area contributed by atoms with Crippen molar-refractivity contribution >= 4 is 5.91 Å². The standard InChI is InChI=1S/C14H29N3O2/c1-2-19-13-5-6-14(18)17-11-9-16(10-12-17)8-4-3-7-15/h2-13,15H2,1H3. The van der Waals surface area contributed by atoms with Gasteiger partial charge in [-0.3, -0.25) is 9.69 Å². The number of hydrogen-bond acceptors (Lipinski definition) is 4. The SMILES string of the molecule is CCOCCCC(=O)N1CCN(CCCCN)CC1. The van der Waals surface area contributed by atoms with Crippen LogP contribution in [0.4, 0.5) is 0 Å². The molecule has 0 aromatic rings. The van der Waals surface area contributed by atoms with Crippen LogP contribution in [0.5, 0.6) is 0 Å². The summed E-state index contributed by atoms with van der Waals surface area (Å²) in [7, 11) is 0. The fraction of sp³-hybridized carbons (Fsp3) is 0.929. The molecule has 1 amide bonds. The van der Waals surface area contributed by atoms with Crippen LogP contribution in [0.15, 0.2) is 0 Å². The monoisotopic (exact) mass is 271 g/mol. The first-order chi connectivity index (χ1) is 9.27. The predicted octanol–water partition coefficient (Wildman–Crippen LogP) is 0.686. The Morgan fingerprint density at radius 3 is 2.53 bits per heavy atom. The number of rotatable bonds is 9. The zero-order valence-corrected chi connectivity index (χ0v) is 12.3. The quantitative estimate of drug-likeness (QED) is 0.627. The lowest BCUT2D eigenvalue weighted by Crippen LogP contribution is -2.48. The van der Waals surface area contributed by atoms with Crippen LogP contribution in [0.3, 0.4) is 0 Å². The van der Waals surface area contributed by atoms with Gasteiger partial charge in [0.15, 0.2) is 0 Å². The largest absolute Gasteiger partial charge is 0.382 e. The molecule has 0 atom stereocenters. The molecule has 1 aliphatic heterocycles. The van der Waals surface area contributed by atoms with Gasteiger partial charge in [-0.15, -0.1) is 0 Å². The van der Waals surface area contributed by atoms with Crippen molar-refractivity contribution < 1.29 is 9.53 Å². The first-order valence-electron chi connectivity index (χ1n) is 7.56. The number of piperazine rings is 1. The Hall–Kier alpha value is -0.650. The van der Waals surface area contributed by atoms with E-state index in [2.05, 4.69) is 4.90 Å². The van der Waals surface area contributed by atoms with Gasteiger partial charge in [0.2, 0.25) is 5.91 Å². The summed E-state index contributed by atoms with van der Waals surface area (Å²) >= 11 is 0. The Balaban J connectivity index is 2.09. The zero-order chi connectivity index (χ0) is 13.9. The van der Waals surface area contributed by atoms with Crippen molar-refractivity contribution in [1.82, 2.24) is 9.80 Å². The second-order valence-corrected chi connectivity index (χ2v) is 5.02. The number of amides is 1. The average Bonchev–Trinajstić information content (AvgIpc) is 2.44. The Labute approximate surface area is 117 Å². The van der Waals surface area contributed by atoms with Crippen LogP contribution in [0.1, 0.15) is 32.6 Å². The van der Waals surface area contributed by atoms with Gasteiger partial charge in [0.05, 0.1) is 0 Å². The summed E-state index contributed by atoms with van der Waals surface area (Å²) in [6.45, 7) is 9.04. The van der Waals surface area contributed by atoms with E-state index in [0.29, 0.717) is 13.0 Å². The van der Waals surface area contributed by atoms with E-state index in [1.807, 2.05) is 11.8 Å². The molecule has 0 aromatic carbocycles. The topological polar surface area (TPSA) is 58.8 Å². The number of hydrogen-bond donors (Lipinski definition) is 1. The smallest absolute Gasteiger partial charge is 0.222 e.